The van der Waals surface area contributed by atoms with Gasteiger partial charge >= 0.3 is 0 Å². The summed E-state index contributed by atoms with van der Waals surface area (Å²) in [6.45, 7) is 0. The summed E-state index contributed by atoms with van der Waals surface area (Å²) in [4.78, 5) is 15.4. The number of aliphatic hydroxyl groups excluding tert-OH is 1. The fourth-order valence-corrected chi connectivity index (χ4v) is 2.85. The molecule has 27 heavy (non-hydrogen) atoms. The van der Waals surface area contributed by atoms with Crippen molar-refractivity contribution in [1.29, 1.82) is 0 Å². The lowest BCUT2D eigenvalue weighted by molar-refractivity contribution is -0.129. The van der Waals surface area contributed by atoms with E-state index in [1.54, 1.807) is 12.6 Å². The quantitative estimate of drug-likeness (QED) is 0.318. The van der Waals surface area contributed by atoms with Crippen LogP contribution >= 0.6 is 0 Å². The van der Waals surface area contributed by atoms with Crippen LogP contribution in [0.4, 0.5) is 0 Å². The van der Waals surface area contributed by atoms with E-state index in [1.165, 1.54) is 0 Å². The number of oxazole rings is 1. The second-order valence-electron chi connectivity index (χ2n) is 6.27. The monoisotopic (exact) mass is 370 g/mol. The number of hydrogen-bond donors (Lipinski definition) is 3. The summed E-state index contributed by atoms with van der Waals surface area (Å²) < 4.78 is 11.0. The molecule has 0 unspecified atom stereocenters. The summed E-state index contributed by atoms with van der Waals surface area (Å²) >= 11 is 0. The van der Waals surface area contributed by atoms with Crippen LogP contribution in [0.15, 0.2) is 46.9 Å². The standard InChI is InChI=1S/C20H22N2O5/c1-26-15-10-11-18-16(12-15)21-20(27-18)14-8-6-13(7-9-14)17(23)4-2-3-5-19(24)22-25/h6-12,17,23,25H,2-5H2,1H3,(H,22,24)/t17-/m1/s1. The van der Waals surface area contributed by atoms with Gasteiger partial charge in [0.15, 0.2) is 5.58 Å². The van der Waals surface area contributed by atoms with Crippen LogP contribution in [0.5, 0.6) is 5.75 Å². The van der Waals surface area contributed by atoms with Gasteiger partial charge in [0, 0.05) is 18.1 Å². The second-order valence-corrected chi connectivity index (χ2v) is 6.27. The maximum absolute atomic E-state index is 11.0. The molecule has 0 aliphatic carbocycles. The summed E-state index contributed by atoms with van der Waals surface area (Å²) in [5, 5.41) is 18.7. The summed E-state index contributed by atoms with van der Waals surface area (Å²) in [7, 11) is 1.60. The molecule has 0 saturated heterocycles. The van der Waals surface area contributed by atoms with E-state index < -0.39 is 12.0 Å². The lowest BCUT2D eigenvalue weighted by Crippen LogP contribution is -2.17. The van der Waals surface area contributed by atoms with Crippen molar-refractivity contribution in [3.63, 3.8) is 0 Å². The highest BCUT2D eigenvalue weighted by molar-refractivity contribution is 5.77. The number of nitrogens with zero attached hydrogens (tertiary/aromatic N) is 1. The Morgan fingerprint density at radius 2 is 2.00 bits per heavy atom. The second kappa shape index (κ2) is 8.66. The zero-order valence-electron chi connectivity index (χ0n) is 15.0. The van der Waals surface area contributed by atoms with E-state index in [2.05, 4.69) is 4.98 Å². The van der Waals surface area contributed by atoms with Crippen molar-refractivity contribution in [3.8, 4) is 17.2 Å². The van der Waals surface area contributed by atoms with Gasteiger partial charge in [-0.2, -0.15) is 0 Å². The van der Waals surface area contributed by atoms with Gasteiger partial charge in [-0.05, 0) is 42.7 Å². The average Bonchev–Trinajstić information content (AvgIpc) is 3.14. The minimum absolute atomic E-state index is 0.241. The Kier molecular flexibility index (Phi) is 6.05. The zero-order valence-corrected chi connectivity index (χ0v) is 15.0. The Labute approximate surface area is 156 Å². The Bertz CT molecular complexity index is 904. The molecule has 2 aromatic carbocycles. The number of aliphatic hydroxyl groups is 1. The third-order valence-electron chi connectivity index (χ3n) is 4.39. The van der Waals surface area contributed by atoms with Gasteiger partial charge in [0.2, 0.25) is 11.8 Å². The van der Waals surface area contributed by atoms with E-state index in [0.29, 0.717) is 30.7 Å². The fourth-order valence-electron chi connectivity index (χ4n) is 2.85. The number of carbonyl (C=O) groups is 1. The largest absolute Gasteiger partial charge is 0.497 e. The van der Waals surface area contributed by atoms with Gasteiger partial charge in [0.05, 0.1) is 13.2 Å². The van der Waals surface area contributed by atoms with E-state index in [0.717, 1.165) is 22.4 Å². The molecule has 1 atom stereocenters. The summed E-state index contributed by atoms with van der Waals surface area (Å²) in [6.07, 6.45) is 1.46. The Balaban J connectivity index is 1.63. The van der Waals surface area contributed by atoms with Gasteiger partial charge in [-0.1, -0.05) is 18.6 Å². The molecule has 0 bridgehead atoms. The third-order valence-corrected chi connectivity index (χ3v) is 4.39. The lowest BCUT2D eigenvalue weighted by Gasteiger charge is -2.11. The minimum atomic E-state index is -0.607. The first-order valence-corrected chi connectivity index (χ1v) is 8.76. The molecule has 142 valence electrons. The first kappa shape index (κ1) is 18.9. The number of benzene rings is 2. The van der Waals surface area contributed by atoms with Crippen molar-refractivity contribution < 1.29 is 24.3 Å². The van der Waals surface area contributed by atoms with Gasteiger partial charge in [-0.15, -0.1) is 0 Å². The molecule has 0 fully saturated rings. The number of hydrogen-bond acceptors (Lipinski definition) is 6. The van der Waals surface area contributed by atoms with Crippen LogP contribution < -0.4 is 10.2 Å². The third kappa shape index (κ3) is 4.64. The van der Waals surface area contributed by atoms with Crippen LogP contribution in [0, 0.1) is 0 Å². The molecule has 0 aliphatic heterocycles. The number of unbranched alkanes of at least 4 members (excludes halogenated alkanes) is 1. The van der Waals surface area contributed by atoms with E-state index in [4.69, 9.17) is 14.4 Å². The number of methoxy groups -OCH3 is 1. The number of rotatable bonds is 8. The SMILES string of the molecule is COc1ccc2oc(-c3ccc([C@H](O)CCCCC(=O)NO)cc3)nc2c1. The predicted molar refractivity (Wildman–Crippen MR) is 99.4 cm³/mol. The van der Waals surface area contributed by atoms with Crippen molar-refractivity contribution in [2.75, 3.05) is 7.11 Å². The van der Waals surface area contributed by atoms with Crippen LogP contribution in [-0.4, -0.2) is 28.3 Å². The number of fused-ring (bicyclic) bond motifs is 1. The molecule has 3 N–H and O–H groups in total. The Morgan fingerprint density at radius 3 is 2.70 bits per heavy atom. The summed E-state index contributed by atoms with van der Waals surface area (Å²) in [5.41, 5.74) is 4.62. The van der Waals surface area contributed by atoms with Gasteiger partial charge in [-0.25, -0.2) is 10.5 Å². The number of carbonyl (C=O) groups excluding carboxylic acids is 1. The first-order chi connectivity index (χ1) is 13.1. The van der Waals surface area contributed by atoms with Crippen LogP contribution in [0.3, 0.4) is 0 Å². The highest BCUT2D eigenvalue weighted by atomic mass is 16.5. The summed E-state index contributed by atoms with van der Waals surface area (Å²) in [6, 6.07) is 12.9. The van der Waals surface area contributed by atoms with E-state index in [-0.39, 0.29) is 6.42 Å². The smallest absolute Gasteiger partial charge is 0.243 e. The van der Waals surface area contributed by atoms with Gasteiger partial charge in [0.25, 0.3) is 0 Å². The lowest BCUT2D eigenvalue weighted by atomic mass is 10.0. The van der Waals surface area contributed by atoms with Crippen molar-refractivity contribution in [2.24, 2.45) is 0 Å². The van der Waals surface area contributed by atoms with Crippen molar-refractivity contribution in [1.82, 2.24) is 10.5 Å². The maximum Gasteiger partial charge on any atom is 0.243 e. The molecule has 0 spiro atoms. The Morgan fingerprint density at radius 1 is 1.22 bits per heavy atom. The molecule has 7 nitrogen and oxygen atoms in total. The van der Waals surface area contributed by atoms with Crippen LogP contribution in [-0.2, 0) is 4.79 Å². The zero-order chi connectivity index (χ0) is 19.2. The molecule has 1 aromatic heterocycles. The first-order valence-electron chi connectivity index (χ1n) is 8.76. The molecular weight excluding hydrogens is 348 g/mol. The van der Waals surface area contributed by atoms with Crippen LogP contribution in [0.2, 0.25) is 0 Å². The fraction of sp³-hybridized carbons (Fsp3) is 0.300. The van der Waals surface area contributed by atoms with Gasteiger partial charge < -0.3 is 14.3 Å². The van der Waals surface area contributed by atoms with Crippen LogP contribution in [0.1, 0.15) is 37.4 Å². The molecule has 1 amide bonds. The highest BCUT2D eigenvalue weighted by Crippen LogP contribution is 2.28. The molecule has 3 aromatic rings. The highest BCUT2D eigenvalue weighted by Gasteiger charge is 2.12. The number of aromatic nitrogens is 1. The van der Waals surface area contributed by atoms with E-state index >= 15 is 0 Å². The van der Waals surface area contributed by atoms with Crippen molar-refractivity contribution >= 4 is 17.0 Å². The van der Waals surface area contributed by atoms with Crippen LogP contribution in [0.25, 0.3) is 22.6 Å². The molecule has 1 heterocycles. The number of amides is 1. The molecule has 7 heteroatoms. The van der Waals surface area contributed by atoms with E-state index in [1.807, 2.05) is 42.5 Å². The Hall–Kier alpha value is -2.90. The molecule has 0 saturated carbocycles. The van der Waals surface area contributed by atoms with E-state index in [9.17, 15) is 9.90 Å². The average molecular weight is 370 g/mol. The van der Waals surface area contributed by atoms with Crippen molar-refractivity contribution in [2.45, 2.75) is 31.8 Å². The molecule has 0 aliphatic rings. The maximum atomic E-state index is 11.0. The number of hydroxylamine groups is 1. The normalized spacial score (nSPS) is 12.1. The molecule has 3 rings (SSSR count). The summed E-state index contributed by atoms with van der Waals surface area (Å²) in [5.74, 6) is 0.816. The van der Waals surface area contributed by atoms with Gasteiger partial charge in [0.1, 0.15) is 11.3 Å². The van der Waals surface area contributed by atoms with Gasteiger partial charge in [-0.3, -0.25) is 10.0 Å². The molecular formula is C20H22N2O5. The minimum Gasteiger partial charge on any atom is -0.497 e. The van der Waals surface area contributed by atoms with Crippen molar-refractivity contribution in [3.05, 3.63) is 48.0 Å². The molecule has 0 radical (unpaired) electrons. The topological polar surface area (TPSA) is 105 Å². The predicted octanol–water partition coefficient (Wildman–Crippen LogP) is 3.60. The number of nitrogens with one attached hydrogen (secondary N) is 1. The number of ether oxygens (including phenoxy) is 1.